The zero-order valence-corrected chi connectivity index (χ0v) is 12.9. The van der Waals surface area contributed by atoms with Crippen LogP contribution in [0.5, 0.6) is 0 Å². The highest BCUT2D eigenvalue weighted by atomic mass is 35.5. The molecule has 0 radical (unpaired) electrons. The molecule has 3 heteroatoms. The maximum atomic E-state index is 12.0. The topological polar surface area (TPSA) is 20.3 Å². The number of allylic oxidation sites excluding steroid dienone is 2. The summed E-state index contributed by atoms with van der Waals surface area (Å²) < 4.78 is 0. The van der Waals surface area contributed by atoms with Crippen LogP contribution >= 0.6 is 11.6 Å². The summed E-state index contributed by atoms with van der Waals surface area (Å²) in [5, 5.41) is 0. The molecule has 1 aliphatic carbocycles. The number of halogens is 1. The molecule has 0 fully saturated rings. The first kappa shape index (κ1) is 15.6. The first-order chi connectivity index (χ1) is 8.44. The van der Waals surface area contributed by atoms with Gasteiger partial charge in [-0.25, -0.2) is 0 Å². The quantitative estimate of drug-likeness (QED) is 0.681. The number of carbonyl (C=O) groups excluding carboxylic acids is 1. The standard InChI is InChI=1S/C15H26ClNO/c1-5-6-10-17(14(18)11-16)13-8-7-9-15(3,4)12(13)2/h5-11H2,1-4H3. The van der Waals surface area contributed by atoms with Crippen molar-refractivity contribution in [1.82, 2.24) is 4.90 Å². The molecule has 104 valence electrons. The van der Waals surface area contributed by atoms with Gasteiger partial charge in [0.15, 0.2) is 0 Å². The predicted octanol–water partition coefficient (Wildman–Crippen LogP) is 4.34. The Morgan fingerprint density at radius 2 is 2.11 bits per heavy atom. The van der Waals surface area contributed by atoms with E-state index >= 15 is 0 Å². The van der Waals surface area contributed by atoms with Crippen molar-refractivity contribution < 1.29 is 4.79 Å². The van der Waals surface area contributed by atoms with Crippen LogP contribution in [0.25, 0.3) is 0 Å². The number of unbranched alkanes of at least 4 members (excludes halogenated alkanes) is 1. The Bertz CT molecular complexity index is 333. The fourth-order valence-electron chi connectivity index (χ4n) is 2.60. The van der Waals surface area contributed by atoms with E-state index in [9.17, 15) is 4.79 Å². The van der Waals surface area contributed by atoms with Crippen molar-refractivity contribution >= 4 is 17.5 Å². The molecule has 0 aliphatic heterocycles. The summed E-state index contributed by atoms with van der Waals surface area (Å²) in [5.41, 5.74) is 2.80. The van der Waals surface area contributed by atoms with Crippen molar-refractivity contribution in [3.8, 4) is 0 Å². The third-order valence-corrected chi connectivity index (χ3v) is 4.37. The molecule has 1 rings (SSSR count). The number of nitrogens with zero attached hydrogens (tertiary/aromatic N) is 1. The number of carbonyl (C=O) groups is 1. The average Bonchev–Trinajstić information content (AvgIpc) is 2.34. The lowest BCUT2D eigenvalue weighted by molar-refractivity contribution is -0.127. The van der Waals surface area contributed by atoms with E-state index in [0.29, 0.717) is 0 Å². The predicted molar refractivity (Wildman–Crippen MR) is 77.7 cm³/mol. The number of alkyl halides is 1. The zero-order chi connectivity index (χ0) is 13.8. The molecular formula is C15H26ClNO. The van der Waals surface area contributed by atoms with Gasteiger partial charge in [0.25, 0.3) is 0 Å². The molecule has 2 nitrogen and oxygen atoms in total. The molecule has 18 heavy (non-hydrogen) atoms. The normalized spacial score (nSPS) is 18.9. The van der Waals surface area contributed by atoms with E-state index in [2.05, 4.69) is 27.7 Å². The molecule has 0 atom stereocenters. The molecule has 0 bridgehead atoms. The Labute approximate surface area is 116 Å². The van der Waals surface area contributed by atoms with Crippen LogP contribution in [0.3, 0.4) is 0 Å². The Morgan fingerprint density at radius 3 is 2.67 bits per heavy atom. The fourth-order valence-corrected chi connectivity index (χ4v) is 2.74. The maximum Gasteiger partial charge on any atom is 0.241 e. The summed E-state index contributed by atoms with van der Waals surface area (Å²) in [4.78, 5) is 14.0. The van der Waals surface area contributed by atoms with E-state index in [4.69, 9.17) is 11.6 Å². The van der Waals surface area contributed by atoms with Crippen LogP contribution in [-0.4, -0.2) is 23.2 Å². The SMILES string of the molecule is CCCCN(C(=O)CCl)C1=C(C)C(C)(C)CCC1. The van der Waals surface area contributed by atoms with Crippen molar-refractivity contribution in [2.75, 3.05) is 12.4 Å². The summed E-state index contributed by atoms with van der Waals surface area (Å²) in [7, 11) is 0. The van der Waals surface area contributed by atoms with E-state index in [1.807, 2.05) is 4.90 Å². The third-order valence-electron chi connectivity index (χ3n) is 4.14. The molecule has 1 amide bonds. The molecule has 0 N–H and O–H groups in total. The van der Waals surface area contributed by atoms with Crippen LogP contribution in [0.1, 0.15) is 59.8 Å². The Morgan fingerprint density at radius 1 is 1.44 bits per heavy atom. The van der Waals surface area contributed by atoms with Crippen molar-refractivity contribution in [3.63, 3.8) is 0 Å². The van der Waals surface area contributed by atoms with Crippen molar-refractivity contribution in [2.24, 2.45) is 5.41 Å². The monoisotopic (exact) mass is 271 g/mol. The molecule has 0 saturated heterocycles. The van der Waals surface area contributed by atoms with Gasteiger partial charge in [-0.15, -0.1) is 11.6 Å². The minimum atomic E-state index is 0.0529. The zero-order valence-electron chi connectivity index (χ0n) is 12.2. The van der Waals surface area contributed by atoms with Gasteiger partial charge >= 0.3 is 0 Å². The van der Waals surface area contributed by atoms with Gasteiger partial charge in [0, 0.05) is 12.2 Å². The highest BCUT2D eigenvalue weighted by Gasteiger charge is 2.30. The third kappa shape index (κ3) is 3.50. The van der Waals surface area contributed by atoms with Crippen LogP contribution < -0.4 is 0 Å². The van der Waals surface area contributed by atoms with E-state index < -0.39 is 0 Å². The number of rotatable bonds is 5. The first-order valence-corrected chi connectivity index (χ1v) is 7.54. The van der Waals surface area contributed by atoms with Gasteiger partial charge in [-0.1, -0.05) is 27.2 Å². The van der Waals surface area contributed by atoms with Crippen LogP contribution in [0.4, 0.5) is 0 Å². The Hall–Kier alpha value is -0.500. The van der Waals surface area contributed by atoms with Crippen LogP contribution in [0.2, 0.25) is 0 Å². The second kappa shape index (κ2) is 6.60. The summed E-state index contributed by atoms with van der Waals surface area (Å²) >= 11 is 5.75. The first-order valence-electron chi connectivity index (χ1n) is 7.00. The summed E-state index contributed by atoms with van der Waals surface area (Å²) in [6, 6.07) is 0. The average molecular weight is 272 g/mol. The lowest BCUT2D eigenvalue weighted by Crippen LogP contribution is -2.36. The summed E-state index contributed by atoms with van der Waals surface area (Å²) in [6.07, 6.45) is 5.53. The van der Waals surface area contributed by atoms with Gasteiger partial charge in [0.1, 0.15) is 5.88 Å². The molecule has 0 aromatic carbocycles. The van der Waals surface area contributed by atoms with Gasteiger partial charge in [-0.3, -0.25) is 4.79 Å². The minimum absolute atomic E-state index is 0.0529. The smallest absolute Gasteiger partial charge is 0.241 e. The number of hydrogen-bond donors (Lipinski definition) is 0. The molecule has 0 spiro atoms. The molecule has 0 aromatic rings. The van der Waals surface area contributed by atoms with Gasteiger partial charge in [0.05, 0.1) is 0 Å². The summed E-state index contributed by atoms with van der Waals surface area (Å²) in [5.74, 6) is 0.137. The van der Waals surface area contributed by atoms with Crippen molar-refractivity contribution in [2.45, 2.75) is 59.8 Å². The van der Waals surface area contributed by atoms with Gasteiger partial charge < -0.3 is 4.90 Å². The van der Waals surface area contributed by atoms with E-state index in [-0.39, 0.29) is 17.2 Å². The Balaban J connectivity index is 3.00. The van der Waals surface area contributed by atoms with Gasteiger partial charge in [-0.2, -0.15) is 0 Å². The maximum absolute atomic E-state index is 12.0. The highest BCUT2D eigenvalue weighted by Crippen LogP contribution is 2.41. The van der Waals surface area contributed by atoms with E-state index in [1.54, 1.807) is 0 Å². The highest BCUT2D eigenvalue weighted by molar-refractivity contribution is 6.27. The largest absolute Gasteiger partial charge is 0.315 e. The van der Waals surface area contributed by atoms with E-state index in [1.165, 1.54) is 17.7 Å². The minimum Gasteiger partial charge on any atom is -0.315 e. The van der Waals surface area contributed by atoms with Gasteiger partial charge in [-0.05, 0) is 43.6 Å². The van der Waals surface area contributed by atoms with Crippen LogP contribution in [0.15, 0.2) is 11.3 Å². The molecule has 0 heterocycles. The molecule has 0 aromatic heterocycles. The van der Waals surface area contributed by atoms with Crippen LogP contribution in [0, 0.1) is 5.41 Å². The second-order valence-corrected chi connectivity index (χ2v) is 6.11. The van der Waals surface area contributed by atoms with Gasteiger partial charge in [0.2, 0.25) is 5.91 Å². The molecule has 1 aliphatic rings. The molecule has 0 saturated carbocycles. The van der Waals surface area contributed by atoms with Crippen molar-refractivity contribution in [3.05, 3.63) is 11.3 Å². The molecular weight excluding hydrogens is 246 g/mol. The second-order valence-electron chi connectivity index (χ2n) is 5.84. The van der Waals surface area contributed by atoms with E-state index in [0.717, 1.165) is 32.2 Å². The fraction of sp³-hybridized carbons (Fsp3) is 0.800. The van der Waals surface area contributed by atoms with Crippen molar-refractivity contribution in [1.29, 1.82) is 0 Å². The number of hydrogen-bond acceptors (Lipinski definition) is 1. The van der Waals surface area contributed by atoms with Crippen LogP contribution in [-0.2, 0) is 4.79 Å². The lowest BCUT2D eigenvalue weighted by Gasteiger charge is -2.37. The molecule has 0 unspecified atom stereocenters. The summed E-state index contributed by atoms with van der Waals surface area (Å²) in [6.45, 7) is 9.67. The lowest BCUT2D eigenvalue weighted by atomic mass is 9.75. The number of amides is 1. The Kier molecular flexibility index (Phi) is 5.71.